The number of esters is 3. The fourth-order valence-electron chi connectivity index (χ4n) is 6.98. The van der Waals surface area contributed by atoms with E-state index in [0.29, 0.717) is 33.4 Å². The van der Waals surface area contributed by atoms with Crippen LogP contribution in [0.15, 0.2) is 163 Å². The number of amides is 2. The maximum absolute atomic E-state index is 14.5. The molecule has 60 heavy (non-hydrogen) atoms. The highest BCUT2D eigenvalue weighted by atomic mass is 32.2. The molecule has 0 aliphatic carbocycles. The summed E-state index contributed by atoms with van der Waals surface area (Å²) in [6, 6.07) is 43.2. The van der Waals surface area contributed by atoms with Crippen LogP contribution in [0.4, 0.5) is 0 Å². The van der Waals surface area contributed by atoms with Crippen molar-refractivity contribution in [1.82, 2.24) is 10.2 Å². The lowest BCUT2D eigenvalue weighted by molar-refractivity contribution is -0.156. The van der Waals surface area contributed by atoms with Gasteiger partial charge in [-0.1, -0.05) is 152 Å². The van der Waals surface area contributed by atoms with Gasteiger partial charge in [-0.05, 0) is 54.2 Å². The van der Waals surface area contributed by atoms with Gasteiger partial charge in [0.15, 0.2) is 18.1 Å². The van der Waals surface area contributed by atoms with Crippen molar-refractivity contribution in [3.8, 4) is 0 Å². The van der Waals surface area contributed by atoms with Crippen LogP contribution in [0.2, 0.25) is 0 Å². The maximum atomic E-state index is 14.5. The molecule has 1 aliphatic rings. The minimum atomic E-state index is -2.03. The minimum Gasteiger partial charge on any atom is -0.466 e. The van der Waals surface area contributed by atoms with E-state index in [4.69, 9.17) is 14.2 Å². The number of hydrogen-bond donors (Lipinski definition) is 1. The van der Waals surface area contributed by atoms with E-state index in [2.05, 4.69) is 5.32 Å². The van der Waals surface area contributed by atoms with Crippen molar-refractivity contribution in [1.29, 1.82) is 0 Å². The lowest BCUT2D eigenvalue weighted by Crippen LogP contribution is -2.72. The Bertz CT molecular complexity index is 2240. The molecule has 11 nitrogen and oxygen atoms in total. The van der Waals surface area contributed by atoms with Crippen LogP contribution in [0, 0.1) is 0 Å². The third kappa shape index (κ3) is 10.1. The molecule has 0 saturated carbocycles. The third-order valence-corrected chi connectivity index (χ3v) is 11.5. The quantitative estimate of drug-likeness (QED) is 0.0342. The van der Waals surface area contributed by atoms with E-state index < -0.39 is 70.1 Å². The summed E-state index contributed by atoms with van der Waals surface area (Å²) in [6.45, 7) is 4.99. The van der Waals surface area contributed by atoms with Gasteiger partial charge in [0.05, 0.1) is 13.0 Å². The van der Waals surface area contributed by atoms with Crippen LogP contribution >= 0.6 is 0 Å². The van der Waals surface area contributed by atoms with Crippen LogP contribution < -0.4 is 5.32 Å². The molecule has 308 valence electrons. The van der Waals surface area contributed by atoms with E-state index in [9.17, 15) is 28.2 Å². The van der Waals surface area contributed by atoms with Crippen LogP contribution in [0.3, 0.4) is 0 Å². The van der Waals surface area contributed by atoms with Crippen molar-refractivity contribution in [2.75, 3.05) is 12.4 Å². The lowest BCUT2D eigenvalue weighted by Gasteiger charge is -2.47. The second kappa shape index (κ2) is 20.3. The van der Waals surface area contributed by atoms with Crippen LogP contribution in [0.1, 0.15) is 73.1 Å². The zero-order chi connectivity index (χ0) is 42.6. The van der Waals surface area contributed by atoms with E-state index in [0.717, 1.165) is 4.90 Å². The van der Waals surface area contributed by atoms with Crippen LogP contribution in [0.25, 0.3) is 0 Å². The zero-order valence-corrected chi connectivity index (χ0v) is 34.3. The standard InChI is InChI=1S/C48H46N2O9S/c1-4-57-38(51)30-31-60(56)46-40(45(53)50(46)41(32(2)3)48(55)59-43(36-26-16-8-17-27-36)37-28-18-9-19-29-37)49-44(52)39(33-20-10-5-11-21-33)47(54)58-42(34-22-12-6-13-23-34)35-24-14-7-15-25-35/h5-29,39-40,42-43,46H,4,30-31H2,1-3H3,(H,49,52). The molecule has 1 aliphatic heterocycles. The van der Waals surface area contributed by atoms with Crippen LogP contribution in [0.5, 0.6) is 0 Å². The number of benzene rings is 5. The number of ether oxygens (including phenoxy) is 3. The van der Waals surface area contributed by atoms with Crippen LogP contribution in [-0.2, 0) is 49.0 Å². The first-order chi connectivity index (χ1) is 29.1. The molecule has 2 amide bonds. The molecule has 1 saturated heterocycles. The number of allylic oxidation sites excluding steroid dienone is 1. The molecule has 1 N–H and O–H groups in total. The molecule has 6 rings (SSSR count). The van der Waals surface area contributed by atoms with Crippen molar-refractivity contribution in [2.24, 2.45) is 0 Å². The molecule has 12 heteroatoms. The molecular formula is C48H46N2O9S. The van der Waals surface area contributed by atoms with Gasteiger partial charge in [0.2, 0.25) is 5.91 Å². The molecule has 0 bridgehead atoms. The molecule has 4 unspecified atom stereocenters. The summed E-state index contributed by atoms with van der Waals surface area (Å²) < 4.78 is 31.6. The summed E-state index contributed by atoms with van der Waals surface area (Å²) in [5.74, 6) is -5.79. The smallest absolute Gasteiger partial charge is 0.355 e. The number of carbonyl (C=O) groups excluding carboxylic acids is 5. The first kappa shape index (κ1) is 42.9. The highest BCUT2D eigenvalue weighted by molar-refractivity contribution is 7.85. The number of hydrogen-bond acceptors (Lipinski definition) is 9. The second-order valence-electron chi connectivity index (χ2n) is 14.2. The monoisotopic (exact) mass is 826 g/mol. The Morgan fingerprint density at radius 1 is 0.650 bits per heavy atom. The summed E-state index contributed by atoms with van der Waals surface area (Å²) in [4.78, 5) is 70.8. The van der Waals surface area contributed by atoms with Gasteiger partial charge in [-0.3, -0.25) is 28.3 Å². The Morgan fingerprint density at radius 2 is 1.07 bits per heavy atom. The lowest BCUT2D eigenvalue weighted by atomic mass is 9.95. The number of likely N-dealkylation sites (tertiary alicyclic amines) is 1. The largest absolute Gasteiger partial charge is 0.466 e. The number of β-lactam (4-membered cyclic amide) rings is 1. The predicted octanol–water partition coefficient (Wildman–Crippen LogP) is 7.08. The highest BCUT2D eigenvalue weighted by Gasteiger charge is 2.55. The van der Waals surface area contributed by atoms with Crippen molar-refractivity contribution in [3.05, 3.63) is 191 Å². The molecule has 5 aromatic carbocycles. The summed E-state index contributed by atoms with van der Waals surface area (Å²) in [5.41, 5.74) is 3.22. The van der Waals surface area contributed by atoms with E-state index in [-0.39, 0.29) is 24.5 Å². The Balaban J connectivity index is 1.31. The van der Waals surface area contributed by atoms with Gasteiger partial charge in [-0.15, -0.1) is 0 Å². The topological polar surface area (TPSA) is 145 Å². The summed E-state index contributed by atoms with van der Waals surface area (Å²) in [7, 11) is -2.03. The molecule has 0 aromatic heterocycles. The van der Waals surface area contributed by atoms with Gasteiger partial charge in [0, 0.05) is 16.6 Å². The van der Waals surface area contributed by atoms with E-state index in [1.807, 2.05) is 121 Å². The average Bonchev–Trinajstić information content (AvgIpc) is 3.27. The number of nitrogens with zero attached hydrogens (tertiary/aromatic N) is 1. The van der Waals surface area contributed by atoms with Crippen molar-refractivity contribution < 1.29 is 42.4 Å². The SMILES string of the molecule is CCOC(=O)CCS(=O)C1C(NC(=O)C(C(=O)OC(c2ccccc2)c2ccccc2)c2ccccc2)C(=O)N1C(C(=O)OC(c1ccccc1)c1ccccc1)=C(C)C. The fraction of sp³-hybridized carbons (Fsp3) is 0.229. The molecule has 5 aromatic rings. The Labute approximate surface area is 351 Å². The Morgan fingerprint density at radius 3 is 1.48 bits per heavy atom. The van der Waals surface area contributed by atoms with E-state index in [1.54, 1.807) is 51.1 Å². The van der Waals surface area contributed by atoms with Crippen molar-refractivity contribution in [2.45, 2.75) is 56.7 Å². The Hall–Kier alpha value is -6.66. The first-order valence-electron chi connectivity index (χ1n) is 19.6. The second-order valence-corrected chi connectivity index (χ2v) is 15.8. The molecular weight excluding hydrogens is 781 g/mol. The number of nitrogens with one attached hydrogen (secondary N) is 1. The van der Waals surface area contributed by atoms with Crippen molar-refractivity contribution in [3.63, 3.8) is 0 Å². The molecule has 0 radical (unpaired) electrons. The van der Waals surface area contributed by atoms with Crippen LogP contribution in [-0.4, -0.2) is 62.6 Å². The highest BCUT2D eigenvalue weighted by Crippen LogP contribution is 2.35. The molecule has 4 atom stereocenters. The van der Waals surface area contributed by atoms with Gasteiger partial charge in [-0.25, -0.2) is 4.79 Å². The number of carbonyl (C=O) groups is 5. The maximum Gasteiger partial charge on any atom is 0.355 e. The predicted molar refractivity (Wildman–Crippen MR) is 226 cm³/mol. The van der Waals surface area contributed by atoms with Gasteiger partial charge >= 0.3 is 17.9 Å². The summed E-state index contributed by atoms with van der Waals surface area (Å²) in [5, 5.41) is 1.36. The van der Waals surface area contributed by atoms with Gasteiger partial charge in [-0.2, -0.15) is 0 Å². The van der Waals surface area contributed by atoms with E-state index >= 15 is 0 Å². The van der Waals surface area contributed by atoms with Gasteiger partial charge in [0.25, 0.3) is 5.91 Å². The number of rotatable bonds is 17. The summed E-state index contributed by atoms with van der Waals surface area (Å²) >= 11 is 0. The van der Waals surface area contributed by atoms with E-state index in [1.165, 1.54) is 0 Å². The average molecular weight is 827 g/mol. The molecule has 1 heterocycles. The normalized spacial score (nSPS) is 15.6. The van der Waals surface area contributed by atoms with Crippen molar-refractivity contribution >= 4 is 40.5 Å². The van der Waals surface area contributed by atoms with Gasteiger partial charge in [0.1, 0.15) is 17.1 Å². The summed E-state index contributed by atoms with van der Waals surface area (Å²) in [6.07, 6.45) is -1.98. The zero-order valence-electron chi connectivity index (χ0n) is 33.5. The van der Waals surface area contributed by atoms with Gasteiger partial charge < -0.3 is 19.5 Å². The Kier molecular flexibility index (Phi) is 14.6. The third-order valence-electron chi connectivity index (χ3n) is 9.83. The fourth-order valence-corrected chi connectivity index (χ4v) is 8.52. The minimum absolute atomic E-state index is 0.113. The molecule has 0 spiro atoms. The first-order valence-corrected chi connectivity index (χ1v) is 21.0. The molecule has 1 fully saturated rings.